The summed E-state index contributed by atoms with van der Waals surface area (Å²) >= 11 is 0. The molecule has 0 amide bonds. The number of aliphatic hydroxyl groups excluding tert-OH is 1. The van der Waals surface area contributed by atoms with Gasteiger partial charge in [0, 0.05) is 25.7 Å². The maximum absolute atomic E-state index is 13.1. The van der Waals surface area contributed by atoms with Gasteiger partial charge >= 0.3 is 39.5 Å². The minimum absolute atomic E-state index is 0.0177. The summed E-state index contributed by atoms with van der Waals surface area (Å²) in [6, 6.07) is 0. The molecule has 0 bridgehead atoms. The summed E-state index contributed by atoms with van der Waals surface area (Å²) in [5, 5.41) is 10.6. The molecular weight excluding hydrogens is 1330 g/mol. The lowest BCUT2D eigenvalue weighted by Gasteiger charge is -2.21. The van der Waals surface area contributed by atoms with Gasteiger partial charge in [0.1, 0.15) is 19.3 Å². The first-order valence-corrected chi connectivity index (χ1v) is 43.5. The molecule has 5 atom stereocenters. The highest BCUT2D eigenvalue weighted by Gasteiger charge is 2.30. The van der Waals surface area contributed by atoms with Crippen molar-refractivity contribution in [2.75, 3.05) is 39.6 Å². The van der Waals surface area contributed by atoms with Gasteiger partial charge in [0.05, 0.1) is 26.4 Å². The maximum Gasteiger partial charge on any atom is 0.472 e. The highest BCUT2D eigenvalue weighted by Crippen LogP contribution is 2.45. The Labute approximate surface area is 620 Å². The molecule has 0 radical (unpaired) electrons. The summed E-state index contributed by atoms with van der Waals surface area (Å²) in [5.41, 5.74) is 0. The number of phosphoric ester groups is 2. The number of hydrogen-bond acceptors (Lipinski definition) is 15. The first-order chi connectivity index (χ1) is 49.7. The van der Waals surface area contributed by atoms with Gasteiger partial charge in [-0.3, -0.25) is 37.3 Å². The van der Waals surface area contributed by atoms with Gasteiger partial charge in [-0.1, -0.05) is 273 Å². The van der Waals surface area contributed by atoms with Crippen molar-refractivity contribution in [2.24, 2.45) is 0 Å². The fourth-order valence-electron chi connectivity index (χ4n) is 10.8. The highest BCUT2D eigenvalue weighted by molar-refractivity contribution is 7.47. The molecule has 0 aliphatic rings. The summed E-state index contributed by atoms with van der Waals surface area (Å²) in [4.78, 5) is 73.0. The van der Waals surface area contributed by atoms with Crippen LogP contribution in [0.5, 0.6) is 0 Å². The molecule has 2 unspecified atom stereocenters. The van der Waals surface area contributed by atoms with Crippen LogP contribution in [0, 0.1) is 0 Å². The van der Waals surface area contributed by atoms with Gasteiger partial charge in [0.15, 0.2) is 12.2 Å². The van der Waals surface area contributed by atoms with Crippen molar-refractivity contribution in [1.29, 1.82) is 0 Å². The smallest absolute Gasteiger partial charge is 0.462 e. The number of allylic oxidation sites excluding steroid dienone is 16. The number of carbonyl (C=O) groups excluding carboxylic acids is 4. The van der Waals surface area contributed by atoms with Crippen LogP contribution in [0.4, 0.5) is 0 Å². The lowest BCUT2D eigenvalue weighted by Crippen LogP contribution is -2.30. The summed E-state index contributed by atoms with van der Waals surface area (Å²) in [5.74, 6) is -2.26. The monoisotopic (exact) mass is 1480 g/mol. The SMILES string of the molecule is CCCCC/C=C\C/C=C\C/C=C\C/C=C\CCCC(=O)O[C@H](COC(=O)CCCCCCC/C=C\CCCCCCCC)COP(=O)(O)OC[C@@H](O)COP(=O)(O)OC[C@@H](COC(=O)CCCCCCC/C=C\CCCCCCCC)OC(=O)CCCCCCC/C=C\C/C=C\CCCCC. The van der Waals surface area contributed by atoms with Gasteiger partial charge in [-0.15, -0.1) is 0 Å². The van der Waals surface area contributed by atoms with E-state index >= 15 is 0 Å². The second-order valence-electron chi connectivity index (χ2n) is 27.0. The summed E-state index contributed by atoms with van der Waals surface area (Å²) < 4.78 is 68.6. The van der Waals surface area contributed by atoms with Gasteiger partial charge in [-0.25, -0.2) is 9.13 Å². The van der Waals surface area contributed by atoms with Crippen molar-refractivity contribution >= 4 is 39.5 Å². The van der Waals surface area contributed by atoms with E-state index in [1.165, 1.54) is 116 Å². The Morgan fingerprint density at radius 3 is 0.804 bits per heavy atom. The Kier molecular flexibility index (Phi) is 72.3. The van der Waals surface area contributed by atoms with E-state index in [1.807, 2.05) is 12.2 Å². The summed E-state index contributed by atoms with van der Waals surface area (Å²) in [6.07, 6.45) is 79.6. The van der Waals surface area contributed by atoms with E-state index in [2.05, 4.69) is 113 Å². The van der Waals surface area contributed by atoms with Crippen molar-refractivity contribution in [3.63, 3.8) is 0 Å². The van der Waals surface area contributed by atoms with Crippen molar-refractivity contribution in [3.05, 3.63) is 97.2 Å². The molecule has 0 aliphatic heterocycles. The number of esters is 4. The predicted octanol–water partition coefficient (Wildman–Crippen LogP) is 23.6. The third kappa shape index (κ3) is 74.3. The molecule has 0 spiro atoms. The Hall–Kier alpha value is -4.02. The Balaban J connectivity index is 5.42. The van der Waals surface area contributed by atoms with E-state index in [9.17, 15) is 43.2 Å². The molecule has 0 aliphatic carbocycles. The Morgan fingerprint density at radius 1 is 0.275 bits per heavy atom. The van der Waals surface area contributed by atoms with E-state index in [1.54, 1.807) is 0 Å². The van der Waals surface area contributed by atoms with Gasteiger partial charge in [-0.05, 0) is 148 Å². The van der Waals surface area contributed by atoms with Gasteiger partial charge in [-0.2, -0.15) is 0 Å². The molecule has 0 fully saturated rings. The minimum Gasteiger partial charge on any atom is -0.462 e. The van der Waals surface area contributed by atoms with Gasteiger partial charge in [0.2, 0.25) is 0 Å². The van der Waals surface area contributed by atoms with Gasteiger partial charge in [0.25, 0.3) is 0 Å². The highest BCUT2D eigenvalue weighted by atomic mass is 31.2. The number of unbranched alkanes of at least 4 members (excludes halogenated alkanes) is 34. The first kappa shape index (κ1) is 98.0. The molecule has 0 aromatic rings. The minimum atomic E-state index is -4.99. The molecule has 3 N–H and O–H groups in total. The molecule has 17 nitrogen and oxygen atoms in total. The second kappa shape index (κ2) is 75.2. The van der Waals surface area contributed by atoms with Crippen LogP contribution >= 0.6 is 15.6 Å². The normalized spacial score (nSPS) is 14.4. The molecule has 0 saturated carbocycles. The molecule has 0 aromatic carbocycles. The zero-order valence-electron chi connectivity index (χ0n) is 64.5. The fourth-order valence-corrected chi connectivity index (χ4v) is 12.3. The van der Waals surface area contributed by atoms with Crippen LogP contribution in [0.1, 0.15) is 349 Å². The van der Waals surface area contributed by atoms with Crippen molar-refractivity contribution in [1.82, 2.24) is 0 Å². The topological polar surface area (TPSA) is 237 Å². The van der Waals surface area contributed by atoms with Crippen molar-refractivity contribution in [2.45, 2.75) is 367 Å². The molecule has 0 aromatic heterocycles. The molecule has 0 saturated heterocycles. The van der Waals surface area contributed by atoms with Crippen LogP contribution in [0.3, 0.4) is 0 Å². The van der Waals surface area contributed by atoms with Gasteiger partial charge < -0.3 is 33.8 Å². The quantitative estimate of drug-likeness (QED) is 0.0169. The molecule has 0 rings (SSSR count). The average molecular weight is 1480 g/mol. The second-order valence-corrected chi connectivity index (χ2v) is 29.9. The van der Waals surface area contributed by atoms with Crippen LogP contribution in [-0.2, 0) is 65.4 Å². The van der Waals surface area contributed by atoms with Crippen LogP contribution in [0.2, 0.25) is 0 Å². The Bertz CT molecular complexity index is 2310. The summed E-state index contributed by atoms with van der Waals surface area (Å²) in [6.45, 7) is 4.75. The maximum atomic E-state index is 13.1. The zero-order valence-corrected chi connectivity index (χ0v) is 66.3. The number of aliphatic hydroxyl groups is 1. The molecule has 102 heavy (non-hydrogen) atoms. The van der Waals surface area contributed by atoms with Crippen LogP contribution in [0.15, 0.2) is 97.2 Å². The number of carbonyl (C=O) groups is 4. The van der Waals surface area contributed by atoms with E-state index in [4.69, 9.17) is 37.0 Å². The largest absolute Gasteiger partial charge is 0.472 e. The number of phosphoric acid groups is 2. The average Bonchev–Trinajstić information content (AvgIpc) is 0.917. The van der Waals surface area contributed by atoms with E-state index in [0.717, 1.165) is 148 Å². The summed E-state index contributed by atoms with van der Waals surface area (Å²) in [7, 11) is -9.98. The molecular formula is C83H146O17P2. The van der Waals surface area contributed by atoms with Crippen LogP contribution in [-0.4, -0.2) is 96.7 Å². The molecule has 590 valence electrons. The zero-order chi connectivity index (χ0) is 74.6. The third-order valence-corrected chi connectivity index (χ3v) is 18.9. The van der Waals surface area contributed by atoms with E-state index in [-0.39, 0.29) is 25.7 Å². The van der Waals surface area contributed by atoms with Crippen molar-refractivity contribution < 1.29 is 80.2 Å². The fraction of sp³-hybridized carbons (Fsp3) is 0.759. The van der Waals surface area contributed by atoms with Crippen LogP contribution < -0.4 is 0 Å². The molecule has 19 heteroatoms. The van der Waals surface area contributed by atoms with Crippen LogP contribution in [0.25, 0.3) is 0 Å². The lowest BCUT2D eigenvalue weighted by molar-refractivity contribution is -0.161. The predicted molar refractivity (Wildman–Crippen MR) is 418 cm³/mol. The number of hydrogen-bond donors (Lipinski definition) is 3. The third-order valence-electron chi connectivity index (χ3n) is 17.0. The van der Waals surface area contributed by atoms with E-state index < -0.39 is 97.5 Å². The standard InChI is InChI=1S/C83H146O17P2/c1-5-9-13-17-21-25-29-33-37-38-42-46-50-54-58-62-66-70-83(88)100-79(74-94-81(86)68-64-60-56-52-48-44-40-35-31-27-23-19-15-11-7-3)76-98-102(91,92)96-72-77(84)71-95-101(89,90)97-75-78(99-82(87)69-65-61-57-53-49-45-41-36-32-28-24-20-16-12-8-4)73-93-80(85)67-63-59-55-51-47-43-39-34-30-26-22-18-14-10-6-2/h21,24-25,28,33-37,39-42,46,54,58,77-79,84H,5-20,22-23,26-27,29-32,38,43-45,47-53,55-57,59-76H2,1-4H3,(H,89,90)(H,91,92)/b25-21-,28-24-,37-33-,39-34-,40-35-,41-36-,46-42-,58-54-/t77-,78+,79+/m0/s1. The first-order valence-electron chi connectivity index (χ1n) is 40.5. The number of rotatable bonds is 76. The van der Waals surface area contributed by atoms with Crippen molar-refractivity contribution in [3.8, 4) is 0 Å². The lowest BCUT2D eigenvalue weighted by atomic mass is 10.1. The number of ether oxygens (including phenoxy) is 4. The Morgan fingerprint density at radius 2 is 0.490 bits per heavy atom. The van der Waals surface area contributed by atoms with E-state index in [0.29, 0.717) is 32.1 Å². The molecule has 0 heterocycles.